The van der Waals surface area contributed by atoms with Crippen molar-refractivity contribution in [3.05, 3.63) is 60.7 Å². The fourth-order valence-electron chi connectivity index (χ4n) is 1.76. The highest BCUT2D eigenvalue weighted by Gasteiger charge is 2.21. The second kappa shape index (κ2) is 7.30. The van der Waals surface area contributed by atoms with Crippen molar-refractivity contribution in [1.29, 1.82) is 0 Å². The maximum Gasteiger partial charge on any atom is 0.282 e. The summed E-state index contributed by atoms with van der Waals surface area (Å²) in [5.41, 5.74) is 0.180. The van der Waals surface area contributed by atoms with Gasteiger partial charge in [0.1, 0.15) is 5.56 Å². The minimum Gasteiger partial charge on any atom is -0.320 e. The van der Waals surface area contributed by atoms with Crippen LogP contribution in [0.15, 0.2) is 41.3 Å². The molecule has 0 bridgehead atoms. The molecule has 0 fully saturated rings. The Morgan fingerprint density at radius 3 is 2.64 bits per heavy atom. The van der Waals surface area contributed by atoms with E-state index in [0.29, 0.717) is 10.7 Å². The van der Waals surface area contributed by atoms with Crippen molar-refractivity contribution in [3.8, 4) is 0 Å². The molecule has 0 aliphatic carbocycles. The summed E-state index contributed by atoms with van der Waals surface area (Å²) >= 11 is 9.57. The molecule has 0 aliphatic heterocycles. The molecule has 0 saturated carbocycles. The van der Waals surface area contributed by atoms with Gasteiger partial charge in [0.15, 0.2) is 0 Å². The van der Waals surface area contributed by atoms with E-state index in [0.717, 1.165) is 8.47 Å². The predicted octanol–water partition coefficient (Wildman–Crippen LogP) is 4.83. The van der Waals surface area contributed by atoms with Crippen LogP contribution in [0.25, 0.3) is 0 Å². The third-order valence-corrected chi connectivity index (χ3v) is 4.53. The summed E-state index contributed by atoms with van der Waals surface area (Å²) in [5.74, 6) is -0.564. The number of carbonyl (C=O) groups excluding carboxylic acids is 1. The average Bonchev–Trinajstić information content (AvgIpc) is 2.49. The van der Waals surface area contributed by atoms with Crippen LogP contribution in [0.3, 0.4) is 0 Å². The van der Waals surface area contributed by atoms with Gasteiger partial charge in [-0.3, -0.25) is 14.9 Å². The Kier molecular flexibility index (Phi) is 5.65. The van der Waals surface area contributed by atoms with Crippen LogP contribution >= 0.6 is 46.0 Å². The monoisotopic (exact) mass is 448 g/mol. The maximum atomic E-state index is 12.4. The molecule has 1 N–H and O–H groups in total. The summed E-state index contributed by atoms with van der Waals surface area (Å²) in [4.78, 5) is 23.6. The van der Waals surface area contributed by atoms with Crippen LogP contribution in [0.4, 0.5) is 11.4 Å². The van der Waals surface area contributed by atoms with E-state index in [1.54, 1.807) is 24.3 Å². The van der Waals surface area contributed by atoms with Gasteiger partial charge in [0.05, 0.1) is 15.6 Å². The standard InChI is InChI=1S/C14H10ClIN2O3S/c1-22-9-3-5-13(18(20)21)10(7-9)14(19)17-12-4-2-8(16)6-11(12)15/h2-7H,1H3,(H,17,19). The minimum atomic E-state index is -0.575. The topological polar surface area (TPSA) is 72.2 Å². The van der Waals surface area contributed by atoms with Crippen LogP contribution in [0.2, 0.25) is 5.02 Å². The van der Waals surface area contributed by atoms with Crippen LogP contribution in [0.1, 0.15) is 10.4 Å². The zero-order valence-electron chi connectivity index (χ0n) is 11.3. The number of hydrogen-bond acceptors (Lipinski definition) is 4. The van der Waals surface area contributed by atoms with E-state index < -0.39 is 10.8 Å². The zero-order valence-corrected chi connectivity index (χ0v) is 15.0. The summed E-state index contributed by atoms with van der Waals surface area (Å²) in [5, 5.41) is 14.1. The van der Waals surface area contributed by atoms with E-state index in [-0.39, 0.29) is 11.3 Å². The SMILES string of the molecule is CSc1ccc([N+](=O)[O-])c(C(=O)Nc2ccc(I)cc2Cl)c1. The Hall–Kier alpha value is -1.32. The fraction of sp³-hybridized carbons (Fsp3) is 0.0714. The van der Waals surface area contributed by atoms with Gasteiger partial charge >= 0.3 is 0 Å². The van der Waals surface area contributed by atoms with E-state index in [1.165, 1.54) is 23.9 Å². The quantitative estimate of drug-likeness (QED) is 0.315. The largest absolute Gasteiger partial charge is 0.320 e. The first kappa shape index (κ1) is 17.0. The number of anilines is 1. The van der Waals surface area contributed by atoms with Crippen LogP contribution in [0, 0.1) is 13.7 Å². The van der Waals surface area contributed by atoms with Crippen molar-refractivity contribution >= 4 is 63.2 Å². The van der Waals surface area contributed by atoms with Crippen LogP contribution < -0.4 is 5.32 Å². The number of amides is 1. The molecule has 2 aromatic rings. The molecule has 0 radical (unpaired) electrons. The second-order valence-corrected chi connectivity index (χ2v) is 6.75. The number of carbonyl (C=O) groups is 1. The number of nitro benzene ring substituents is 1. The van der Waals surface area contributed by atoms with E-state index in [4.69, 9.17) is 11.6 Å². The van der Waals surface area contributed by atoms with E-state index in [1.807, 2.05) is 6.26 Å². The second-order valence-electron chi connectivity index (χ2n) is 4.22. The first-order chi connectivity index (χ1) is 10.4. The van der Waals surface area contributed by atoms with Gasteiger partial charge in [-0.1, -0.05) is 11.6 Å². The van der Waals surface area contributed by atoms with Gasteiger partial charge in [-0.05, 0) is 59.2 Å². The zero-order chi connectivity index (χ0) is 16.3. The number of halogens is 2. The molecule has 0 aliphatic rings. The molecule has 0 heterocycles. The molecule has 22 heavy (non-hydrogen) atoms. The lowest BCUT2D eigenvalue weighted by Crippen LogP contribution is -2.14. The molecular formula is C14H10ClIN2O3S. The molecule has 2 rings (SSSR count). The summed E-state index contributed by atoms with van der Waals surface area (Å²) in [6, 6.07) is 9.58. The molecule has 1 amide bonds. The predicted molar refractivity (Wildman–Crippen MR) is 97.0 cm³/mol. The van der Waals surface area contributed by atoms with Gasteiger partial charge in [0.2, 0.25) is 0 Å². The van der Waals surface area contributed by atoms with E-state index in [2.05, 4.69) is 27.9 Å². The third-order valence-electron chi connectivity index (χ3n) is 2.82. The summed E-state index contributed by atoms with van der Waals surface area (Å²) in [6.07, 6.45) is 1.83. The number of nitrogens with zero attached hydrogens (tertiary/aromatic N) is 1. The first-order valence-corrected chi connectivity index (χ1v) is 8.69. The Labute approximate surface area is 149 Å². The van der Waals surface area contributed by atoms with Crippen molar-refractivity contribution < 1.29 is 9.72 Å². The number of rotatable bonds is 4. The molecule has 0 spiro atoms. The van der Waals surface area contributed by atoms with Gasteiger partial charge in [-0.15, -0.1) is 11.8 Å². The summed E-state index contributed by atoms with van der Waals surface area (Å²) in [7, 11) is 0. The minimum absolute atomic E-state index is 0.00599. The Balaban J connectivity index is 2.38. The summed E-state index contributed by atoms with van der Waals surface area (Å²) < 4.78 is 0.927. The highest BCUT2D eigenvalue weighted by molar-refractivity contribution is 14.1. The maximum absolute atomic E-state index is 12.4. The molecule has 8 heteroatoms. The molecule has 2 aromatic carbocycles. The molecule has 0 aromatic heterocycles. The van der Waals surface area contributed by atoms with Gasteiger partial charge in [0.25, 0.3) is 11.6 Å². The van der Waals surface area contributed by atoms with Crippen molar-refractivity contribution in [2.45, 2.75) is 4.90 Å². The van der Waals surface area contributed by atoms with Crippen molar-refractivity contribution in [2.24, 2.45) is 0 Å². The van der Waals surface area contributed by atoms with Gasteiger partial charge in [-0.2, -0.15) is 0 Å². The van der Waals surface area contributed by atoms with E-state index >= 15 is 0 Å². The lowest BCUT2D eigenvalue weighted by molar-refractivity contribution is -0.385. The lowest BCUT2D eigenvalue weighted by Gasteiger charge is -2.09. The third kappa shape index (κ3) is 3.90. The van der Waals surface area contributed by atoms with Crippen LogP contribution in [-0.2, 0) is 0 Å². The van der Waals surface area contributed by atoms with Crippen molar-refractivity contribution in [2.75, 3.05) is 11.6 Å². The Morgan fingerprint density at radius 2 is 2.05 bits per heavy atom. The van der Waals surface area contributed by atoms with Crippen LogP contribution in [0.5, 0.6) is 0 Å². The molecule has 114 valence electrons. The van der Waals surface area contributed by atoms with Crippen LogP contribution in [-0.4, -0.2) is 17.1 Å². The van der Waals surface area contributed by atoms with E-state index in [9.17, 15) is 14.9 Å². The number of nitrogens with one attached hydrogen (secondary N) is 1. The van der Waals surface area contributed by atoms with Gasteiger partial charge in [-0.25, -0.2) is 0 Å². The lowest BCUT2D eigenvalue weighted by atomic mass is 10.1. The van der Waals surface area contributed by atoms with Crippen molar-refractivity contribution in [1.82, 2.24) is 0 Å². The molecule has 0 saturated heterocycles. The highest BCUT2D eigenvalue weighted by atomic mass is 127. The highest BCUT2D eigenvalue weighted by Crippen LogP contribution is 2.28. The van der Waals surface area contributed by atoms with Gasteiger partial charge < -0.3 is 5.32 Å². The van der Waals surface area contributed by atoms with Gasteiger partial charge in [0, 0.05) is 14.5 Å². The number of nitro groups is 1. The number of hydrogen-bond donors (Lipinski definition) is 1. The van der Waals surface area contributed by atoms with Crippen molar-refractivity contribution in [3.63, 3.8) is 0 Å². The molecule has 0 unspecified atom stereocenters. The fourth-order valence-corrected chi connectivity index (χ4v) is 3.11. The normalized spacial score (nSPS) is 10.3. The number of benzene rings is 2. The molecular weight excluding hydrogens is 439 g/mol. The Morgan fingerprint density at radius 1 is 1.32 bits per heavy atom. The molecule has 0 atom stereocenters. The number of thioether (sulfide) groups is 1. The smallest absolute Gasteiger partial charge is 0.282 e. The molecule has 5 nitrogen and oxygen atoms in total. The Bertz CT molecular complexity index is 755. The summed E-state index contributed by atoms with van der Waals surface area (Å²) in [6.45, 7) is 0. The average molecular weight is 449 g/mol. The first-order valence-electron chi connectivity index (χ1n) is 6.01.